The lowest BCUT2D eigenvalue weighted by atomic mass is 10.2. The highest BCUT2D eigenvalue weighted by Gasteiger charge is 2.34. The van der Waals surface area contributed by atoms with Gasteiger partial charge in [0.1, 0.15) is 30.5 Å². The molecule has 0 spiro atoms. The van der Waals surface area contributed by atoms with E-state index >= 15 is 0 Å². The maximum atomic E-state index is 14.2. The molecule has 0 aliphatic carbocycles. The van der Waals surface area contributed by atoms with Crippen molar-refractivity contribution in [3.05, 3.63) is 94.1 Å². The van der Waals surface area contributed by atoms with Crippen LogP contribution in [-0.2, 0) is 4.79 Å². The van der Waals surface area contributed by atoms with Crippen molar-refractivity contribution in [3.8, 4) is 11.5 Å². The third kappa shape index (κ3) is 4.96. The molecule has 1 saturated heterocycles. The van der Waals surface area contributed by atoms with Crippen LogP contribution in [0.4, 0.5) is 10.1 Å². The number of ether oxygens (including phenoxy) is 2. The van der Waals surface area contributed by atoms with Gasteiger partial charge in [-0.3, -0.25) is 9.69 Å². The van der Waals surface area contributed by atoms with Crippen LogP contribution in [0.25, 0.3) is 6.08 Å². The lowest BCUT2D eigenvalue weighted by molar-refractivity contribution is -0.113. The Hall–Kier alpha value is -2.87. The second-order valence-electron chi connectivity index (χ2n) is 6.63. The Morgan fingerprint density at radius 1 is 0.938 bits per heavy atom. The van der Waals surface area contributed by atoms with Crippen molar-refractivity contribution in [3.63, 3.8) is 0 Å². The first-order chi connectivity index (χ1) is 15.5. The number of hydrogen-bond donors (Lipinski definition) is 0. The molecule has 0 unspecified atom stereocenters. The number of benzene rings is 3. The van der Waals surface area contributed by atoms with Gasteiger partial charge in [0.05, 0.1) is 15.6 Å². The van der Waals surface area contributed by atoms with Crippen LogP contribution < -0.4 is 14.4 Å². The van der Waals surface area contributed by atoms with Crippen LogP contribution in [0.1, 0.15) is 5.56 Å². The number of amides is 1. The molecule has 0 saturated carbocycles. The van der Waals surface area contributed by atoms with Gasteiger partial charge in [0.2, 0.25) is 0 Å². The number of anilines is 1. The van der Waals surface area contributed by atoms with Gasteiger partial charge < -0.3 is 9.47 Å². The van der Waals surface area contributed by atoms with Gasteiger partial charge in [0.15, 0.2) is 4.32 Å². The summed E-state index contributed by atoms with van der Waals surface area (Å²) in [6.07, 6.45) is 1.70. The highest BCUT2D eigenvalue weighted by molar-refractivity contribution is 8.27. The average Bonchev–Trinajstić information content (AvgIpc) is 3.06. The predicted octanol–water partition coefficient (Wildman–Crippen LogP) is 6.34. The third-order valence-corrected chi connectivity index (χ3v) is 6.14. The lowest BCUT2D eigenvalue weighted by Crippen LogP contribution is -2.28. The van der Waals surface area contributed by atoms with Crippen molar-refractivity contribution in [2.75, 3.05) is 18.1 Å². The molecular weight excluding hydrogens is 469 g/mol. The Kier molecular flexibility index (Phi) is 7.09. The van der Waals surface area contributed by atoms with E-state index in [0.717, 1.165) is 11.8 Å². The fraction of sp³-hybridized carbons (Fsp3) is 0.0833. The molecule has 1 fully saturated rings. The molecule has 1 aliphatic rings. The lowest BCUT2D eigenvalue weighted by Gasteiger charge is -2.15. The van der Waals surface area contributed by atoms with Gasteiger partial charge in [-0.05, 0) is 36.4 Å². The number of carbonyl (C=O) groups excluding carboxylic acids is 1. The number of carbonyl (C=O) groups is 1. The highest BCUT2D eigenvalue weighted by atomic mass is 35.5. The van der Waals surface area contributed by atoms with E-state index in [1.165, 1.54) is 17.0 Å². The van der Waals surface area contributed by atoms with Gasteiger partial charge in [-0.15, -0.1) is 0 Å². The predicted molar refractivity (Wildman–Crippen MR) is 131 cm³/mol. The van der Waals surface area contributed by atoms with E-state index in [9.17, 15) is 9.18 Å². The maximum absolute atomic E-state index is 14.2. The monoisotopic (exact) mass is 485 g/mol. The van der Waals surface area contributed by atoms with Crippen LogP contribution in [0.5, 0.6) is 11.5 Å². The molecule has 4 nitrogen and oxygen atoms in total. The van der Waals surface area contributed by atoms with Crippen LogP contribution in [0.3, 0.4) is 0 Å². The van der Waals surface area contributed by atoms with Gasteiger partial charge in [-0.1, -0.05) is 78.0 Å². The van der Waals surface area contributed by atoms with Gasteiger partial charge in [-0.25, -0.2) is 4.39 Å². The molecular formula is C24H17ClFNO3S2. The fourth-order valence-corrected chi connectivity index (χ4v) is 4.51. The van der Waals surface area contributed by atoms with Crippen molar-refractivity contribution in [1.82, 2.24) is 0 Å². The quantitative estimate of drug-likeness (QED) is 0.222. The van der Waals surface area contributed by atoms with Gasteiger partial charge >= 0.3 is 0 Å². The topological polar surface area (TPSA) is 38.8 Å². The fourth-order valence-electron chi connectivity index (χ4n) is 3.05. The molecule has 3 aromatic carbocycles. The highest BCUT2D eigenvalue weighted by Crippen LogP contribution is 2.38. The Bertz CT molecular complexity index is 1200. The van der Waals surface area contributed by atoms with Crippen molar-refractivity contribution in [2.24, 2.45) is 0 Å². The number of thiocarbonyl (C=S) groups is 1. The summed E-state index contributed by atoms with van der Waals surface area (Å²) in [4.78, 5) is 14.5. The second kappa shape index (κ2) is 10.2. The number of thioether (sulfide) groups is 1. The van der Waals surface area contributed by atoms with Crippen molar-refractivity contribution >= 4 is 57.6 Å². The van der Waals surface area contributed by atoms with E-state index in [1.54, 1.807) is 36.4 Å². The normalized spacial score (nSPS) is 14.8. The Morgan fingerprint density at radius 3 is 2.31 bits per heavy atom. The van der Waals surface area contributed by atoms with E-state index < -0.39 is 5.82 Å². The summed E-state index contributed by atoms with van der Waals surface area (Å²) in [5.74, 6) is 0.295. The van der Waals surface area contributed by atoms with E-state index in [4.69, 9.17) is 33.3 Å². The van der Waals surface area contributed by atoms with Gasteiger partial charge in [-0.2, -0.15) is 0 Å². The molecule has 0 aromatic heterocycles. The molecule has 0 radical (unpaired) electrons. The first-order valence-corrected chi connectivity index (χ1v) is 11.3. The van der Waals surface area contributed by atoms with E-state index in [0.29, 0.717) is 33.6 Å². The summed E-state index contributed by atoms with van der Waals surface area (Å²) in [7, 11) is 0. The zero-order valence-electron chi connectivity index (χ0n) is 16.7. The van der Waals surface area contributed by atoms with Crippen LogP contribution in [0.2, 0.25) is 5.02 Å². The Labute approximate surface area is 199 Å². The first-order valence-electron chi connectivity index (χ1n) is 9.66. The summed E-state index contributed by atoms with van der Waals surface area (Å²) >= 11 is 12.5. The van der Waals surface area contributed by atoms with Crippen LogP contribution in [0.15, 0.2) is 77.7 Å². The standard InChI is InChI=1S/C24H17ClFNO3S2/c25-17-8-2-6-12-21(17)30-14-13-29-20-11-5-1-7-16(20)15-22-23(28)27(24(31)32-22)19-10-4-3-9-18(19)26/h1-12,15H,13-14H2. The van der Waals surface area contributed by atoms with Crippen molar-refractivity contribution < 1.29 is 18.7 Å². The molecule has 1 aliphatic heterocycles. The molecule has 0 atom stereocenters. The average molecular weight is 486 g/mol. The zero-order chi connectivity index (χ0) is 22.5. The van der Waals surface area contributed by atoms with Crippen molar-refractivity contribution in [1.29, 1.82) is 0 Å². The minimum absolute atomic E-state index is 0.139. The Morgan fingerprint density at radius 2 is 1.56 bits per heavy atom. The SMILES string of the molecule is O=C1C(=Cc2ccccc2OCCOc2ccccc2Cl)SC(=S)N1c1ccccc1F. The number of nitrogens with zero attached hydrogens (tertiary/aromatic N) is 1. The minimum atomic E-state index is -0.507. The largest absolute Gasteiger partial charge is 0.489 e. The zero-order valence-corrected chi connectivity index (χ0v) is 19.1. The van der Waals surface area contributed by atoms with Crippen molar-refractivity contribution in [2.45, 2.75) is 0 Å². The summed E-state index contributed by atoms with van der Waals surface area (Å²) in [5.41, 5.74) is 0.846. The van der Waals surface area contributed by atoms with Crippen LogP contribution >= 0.6 is 35.6 Å². The molecule has 1 heterocycles. The minimum Gasteiger partial charge on any atom is -0.489 e. The first kappa shape index (κ1) is 22.3. The molecule has 162 valence electrons. The van der Waals surface area contributed by atoms with E-state index in [1.807, 2.05) is 30.3 Å². The molecule has 3 aromatic rings. The number of hydrogen-bond acceptors (Lipinski definition) is 5. The molecule has 0 bridgehead atoms. The molecule has 32 heavy (non-hydrogen) atoms. The molecule has 0 N–H and O–H groups in total. The van der Waals surface area contributed by atoms with E-state index in [-0.39, 0.29) is 22.5 Å². The van der Waals surface area contributed by atoms with Gasteiger partial charge in [0.25, 0.3) is 5.91 Å². The molecule has 4 rings (SSSR count). The van der Waals surface area contributed by atoms with Crippen LogP contribution in [0, 0.1) is 5.82 Å². The molecule has 1 amide bonds. The van der Waals surface area contributed by atoms with E-state index in [2.05, 4.69) is 0 Å². The Balaban J connectivity index is 1.47. The summed E-state index contributed by atoms with van der Waals surface area (Å²) in [6, 6.07) is 20.6. The number of para-hydroxylation sites is 3. The van der Waals surface area contributed by atoms with Crippen LogP contribution in [-0.4, -0.2) is 23.4 Å². The third-order valence-electron chi connectivity index (χ3n) is 4.53. The number of halogens is 2. The molecule has 8 heteroatoms. The summed E-state index contributed by atoms with van der Waals surface area (Å²) in [5, 5.41) is 0.532. The summed E-state index contributed by atoms with van der Waals surface area (Å²) < 4.78 is 26.0. The smallest absolute Gasteiger partial charge is 0.270 e. The summed E-state index contributed by atoms with van der Waals surface area (Å²) in [6.45, 7) is 0.583. The second-order valence-corrected chi connectivity index (χ2v) is 8.72. The number of rotatable bonds is 7. The van der Waals surface area contributed by atoms with Gasteiger partial charge in [0, 0.05) is 5.56 Å². The maximum Gasteiger partial charge on any atom is 0.270 e.